The highest BCUT2D eigenvalue weighted by Gasteiger charge is 2.40. The van der Waals surface area contributed by atoms with Crippen molar-refractivity contribution in [1.82, 2.24) is 0 Å². The molecule has 0 bridgehead atoms. The first-order chi connectivity index (χ1) is 9.85. The van der Waals surface area contributed by atoms with Crippen LogP contribution >= 0.6 is 0 Å². The smallest absolute Gasteiger partial charge is 0.305 e. The number of benzene rings is 1. The lowest BCUT2D eigenvalue weighted by Crippen LogP contribution is -2.52. The zero-order chi connectivity index (χ0) is 15.6. The fourth-order valence-corrected chi connectivity index (χ4v) is 2.38. The van der Waals surface area contributed by atoms with Gasteiger partial charge in [-0.2, -0.15) is 0 Å². The van der Waals surface area contributed by atoms with Crippen molar-refractivity contribution in [3.05, 3.63) is 23.8 Å². The van der Waals surface area contributed by atoms with Crippen LogP contribution in [0.25, 0.3) is 0 Å². The third-order valence-electron chi connectivity index (χ3n) is 3.52. The van der Waals surface area contributed by atoms with Crippen LogP contribution in [0, 0.1) is 6.92 Å². The molecule has 5 heteroatoms. The Labute approximate surface area is 124 Å². The third kappa shape index (κ3) is 3.17. The molecule has 0 spiro atoms. The van der Waals surface area contributed by atoms with Crippen molar-refractivity contribution in [1.29, 1.82) is 0 Å². The molecule has 114 valence electrons. The second-order valence-corrected chi connectivity index (χ2v) is 5.72. The summed E-state index contributed by atoms with van der Waals surface area (Å²) in [5, 5.41) is 0. The Morgan fingerprint density at radius 2 is 2.10 bits per heavy atom. The lowest BCUT2D eigenvalue weighted by atomic mass is 10.0. The average Bonchev–Trinajstić information content (AvgIpc) is 2.43. The van der Waals surface area contributed by atoms with Gasteiger partial charge in [-0.15, -0.1) is 0 Å². The van der Waals surface area contributed by atoms with E-state index in [4.69, 9.17) is 4.74 Å². The molecule has 0 unspecified atom stereocenters. The summed E-state index contributed by atoms with van der Waals surface area (Å²) in [7, 11) is 1.37. The first kappa shape index (κ1) is 15.4. The third-order valence-corrected chi connectivity index (χ3v) is 3.52. The van der Waals surface area contributed by atoms with E-state index in [1.165, 1.54) is 7.11 Å². The topological polar surface area (TPSA) is 55.8 Å². The van der Waals surface area contributed by atoms with E-state index in [1.807, 2.05) is 25.1 Å². The van der Waals surface area contributed by atoms with Gasteiger partial charge in [-0.05, 0) is 44.9 Å². The quantitative estimate of drug-likeness (QED) is 0.800. The first-order valence-corrected chi connectivity index (χ1v) is 7.03. The number of rotatable bonds is 4. The van der Waals surface area contributed by atoms with Crippen molar-refractivity contribution in [2.75, 3.05) is 18.6 Å². The van der Waals surface area contributed by atoms with Gasteiger partial charge in [0.25, 0.3) is 5.91 Å². The molecule has 0 atom stereocenters. The van der Waals surface area contributed by atoms with E-state index < -0.39 is 5.60 Å². The summed E-state index contributed by atoms with van der Waals surface area (Å²) in [6, 6.07) is 5.77. The number of aryl methyl sites for hydroxylation is 1. The highest BCUT2D eigenvalue weighted by atomic mass is 16.5. The maximum absolute atomic E-state index is 12.6. The number of carbonyl (C=O) groups excluding carboxylic acids is 2. The highest BCUT2D eigenvalue weighted by molar-refractivity contribution is 6.02. The predicted molar refractivity (Wildman–Crippen MR) is 79.5 cm³/mol. The standard InChI is InChI=1S/C16H21NO4/c1-11-7-8-13-12(10-11)17(9-5-6-14(18)20-4)15(19)16(2,3)21-13/h7-8,10H,5-6,9H2,1-4H3. The van der Waals surface area contributed by atoms with Crippen LogP contribution in [0.1, 0.15) is 32.3 Å². The van der Waals surface area contributed by atoms with E-state index >= 15 is 0 Å². The zero-order valence-electron chi connectivity index (χ0n) is 12.9. The van der Waals surface area contributed by atoms with Crippen LogP contribution in [-0.2, 0) is 14.3 Å². The highest BCUT2D eigenvalue weighted by Crippen LogP contribution is 2.38. The van der Waals surface area contributed by atoms with E-state index in [0.717, 1.165) is 11.3 Å². The van der Waals surface area contributed by atoms with E-state index in [2.05, 4.69) is 4.74 Å². The molecule has 0 fully saturated rings. The Hall–Kier alpha value is -2.04. The Kier molecular flexibility index (Phi) is 4.21. The molecule has 0 aliphatic carbocycles. The van der Waals surface area contributed by atoms with Gasteiger partial charge in [0.05, 0.1) is 12.8 Å². The minimum atomic E-state index is -0.895. The maximum atomic E-state index is 12.6. The van der Waals surface area contributed by atoms with Gasteiger partial charge in [-0.1, -0.05) is 6.07 Å². The molecular formula is C16H21NO4. The van der Waals surface area contributed by atoms with Crippen LogP contribution in [0.5, 0.6) is 5.75 Å². The summed E-state index contributed by atoms with van der Waals surface area (Å²) in [6.45, 7) is 5.95. The first-order valence-electron chi connectivity index (χ1n) is 7.03. The SMILES string of the molecule is COC(=O)CCCN1C(=O)C(C)(C)Oc2ccc(C)cc21. The van der Waals surface area contributed by atoms with E-state index in [0.29, 0.717) is 25.1 Å². The maximum Gasteiger partial charge on any atom is 0.305 e. The van der Waals surface area contributed by atoms with Gasteiger partial charge >= 0.3 is 5.97 Å². The van der Waals surface area contributed by atoms with E-state index in [-0.39, 0.29) is 11.9 Å². The van der Waals surface area contributed by atoms with Gasteiger partial charge in [0, 0.05) is 13.0 Å². The summed E-state index contributed by atoms with van der Waals surface area (Å²) >= 11 is 0. The number of hydrogen-bond acceptors (Lipinski definition) is 4. The number of methoxy groups -OCH3 is 1. The predicted octanol–water partition coefficient (Wildman–Crippen LogP) is 2.45. The van der Waals surface area contributed by atoms with Gasteiger partial charge in [0.1, 0.15) is 5.75 Å². The van der Waals surface area contributed by atoms with Crippen molar-refractivity contribution < 1.29 is 19.1 Å². The van der Waals surface area contributed by atoms with E-state index in [1.54, 1.807) is 18.7 Å². The van der Waals surface area contributed by atoms with Gasteiger partial charge in [-0.3, -0.25) is 9.59 Å². The number of esters is 1. The number of amides is 1. The molecule has 1 amide bonds. The molecule has 1 aliphatic rings. The molecule has 1 aromatic carbocycles. The van der Waals surface area contributed by atoms with Crippen LogP contribution in [0.4, 0.5) is 5.69 Å². The fraction of sp³-hybridized carbons (Fsp3) is 0.500. The number of fused-ring (bicyclic) bond motifs is 1. The minimum Gasteiger partial charge on any atom is -0.476 e. The number of carbonyl (C=O) groups is 2. The Bertz CT molecular complexity index is 565. The lowest BCUT2D eigenvalue weighted by Gasteiger charge is -2.39. The number of anilines is 1. The second-order valence-electron chi connectivity index (χ2n) is 5.72. The molecule has 1 aliphatic heterocycles. The van der Waals surface area contributed by atoms with Gasteiger partial charge < -0.3 is 14.4 Å². The van der Waals surface area contributed by atoms with Crippen molar-refractivity contribution in [2.24, 2.45) is 0 Å². The van der Waals surface area contributed by atoms with Crippen LogP contribution in [-0.4, -0.2) is 31.1 Å². The van der Waals surface area contributed by atoms with Crippen molar-refractivity contribution >= 4 is 17.6 Å². The summed E-state index contributed by atoms with van der Waals surface area (Å²) < 4.78 is 10.4. The fourth-order valence-electron chi connectivity index (χ4n) is 2.38. The molecule has 21 heavy (non-hydrogen) atoms. The van der Waals surface area contributed by atoms with Crippen LogP contribution in [0.3, 0.4) is 0 Å². The number of hydrogen-bond donors (Lipinski definition) is 0. The zero-order valence-corrected chi connectivity index (χ0v) is 12.9. The number of ether oxygens (including phenoxy) is 2. The largest absolute Gasteiger partial charge is 0.476 e. The Morgan fingerprint density at radius 3 is 2.76 bits per heavy atom. The molecule has 2 rings (SSSR count). The van der Waals surface area contributed by atoms with Gasteiger partial charge in [0.15, 0.2) is 5.60 Å². The summed E-state index contributed by atoms with van der Waals surface area (Å²) in [6.07, 6.45) is 0.852. The van der Waals surface area contributed by atoms with Gasteiger partial charge in [-0.25, -0.2) is 0 Å². The number of nitrogens with zero attached hydrogens (tertiary/aromatic N) is 1. The Morgan fingerprint density at radius 1 is 1.38 bits per heavy atom. The summed E-state index contributed by atoms with van der Waals surface area (Å²) in [5.74, 6) is 0.341. The van der Waals surface area contributed by atoms with Gasteiger partial charge in [0.2, 0.25) is 0 Å². The molecule has 1 aromatic rings. The van der Waals surface area contributed by atoms with Crippen molar-refractivity contribution in [3.63, 3.8) is 0 Å². The lowest BCUT2D eigenvalue weighted by molar-refractivity contribution is -0.141. The van der Waals surface area contributed by atoms with Crippen LogP contribution < -0.4 is 9.64 Å². The normalized spacial score (nSPS) is 16.2. The van der Waals surface area contributed by atoms with Crippen molar-refractivity contribution in [3.8, 4) is 5.75 Å². The van der Waals surface area contributed by atoms with Crippen molar-refractivity contribution in [2.45, 2.75) is 39.2 Å². The second kappa shape index (κ2) is 5.76. The molecule has 0 N–H and O–H groups in total. The van der Waals surface area contributed by atoms with E-state index in [9.17, 15) is 9.59 Å². The molecule has 0 saturated carbocycles. The molecule has 5 nitrogen and oxygen atoms in total. The molecule has 1 heterocycles. The van der Waals surface area contributed by atoms with Crippen LogP contribution in [0.2, 0.25) is 0 Å². The summed E-state index contributed by atoms with van der Waals surface area (Å²) in [4.78, 5) is 25.5. The molecular weight excluding hydrogens is 270 g/mol. The van der Waals surface area contributed by atoms with Crippen LogP contribution in [0.15, 0.2) is 18.2 Å². The minimum absolute atomic E-state index is 0.0922. The monoisotopic (exact) mass is 291 g/mol. The molecule has 0 saturated heterocycles. The molecule has 0 aromatic heterocycles. The average molecular weight is 291 g/mol. The molecule has 0 radical (unpaired) electrons. The Balaban J connectivity index is 2.23. The summed E-state index contributed by atoms with van der Waals surface area (Å²) in [5.41, 5.74) is 0.931.